The van der Waals surface area contributed by atoms with Crippen LogP contribution < -0.4 is 4.72 Å². The Bertz CT molecular complexity index is 889. The molecule has 1 aliphatic rings. The highest BCUT2D eigenvalue weighted by Crippen LogP contribution is 2.38. The van der Waals surface area contributed by atoms with Crippen molar-refractivity contribution in [1.82, 2.24) is 4.90 Å². The molecule has 0 radical (unpaired) electrons. The van der Waals surface area contributed by atoms with Gasteiger partial charge in [0.25, 0.3) is 0 Å². The van der Waals surface area contributed by atoms with Crippen molar-refractivity contribution < 1.29 is 8.42 Å². The Kier molecular flexibility index (Phi) is 8.24. The first-order chi connectivity index (χ1) is 12.8. The molecule has 3 rings (SSSR count). The molecule has 0 bridgehead atoms. The van der Waals surface area contributed by atoms with Crippen LogP contribution in [0.5, 0.6) is 0 Å². The van der Waals surface area contributed by atoms with Crippen LogP contribution in [0.25, 0.3) is 0 Å². The Balaban J connectivity index is 0.00000126. The van der Waals surface area contributed by atoms with Crippen LogP contribution in [-0.4, -0.2) is 37.6 Å². The number of hydrogen-bond acceptors (Lipinski definition) is 3. The number of nitrogens with one attached hydrogen (secondary N) is 1. The van der Waals surface area contributed by atoms with E-state index in [9.17, 15) is 8.42 Å². The molecule has 0 aliphatic carbocycles. The number of hydrogen-bond donors (Lipinski definition) is 1. The summed E-state index contributed by atoms with van der Waals surface area (Å²) >= 11 is 14.8. The molecule has 0 saturated carbocycles. The second-order valence-corrected chi connectivity index (χ2v) is 9.19. The molecule has 1 heterocycles. The van der Waals surface area contributed by atoms with E-state index in [2.05, 4.69) is 39.3 Å². The fourth-order valence-corrected chi connectivity index (χ4v) is 4.37. The third-order valence-electron chi connectivity index (χ3n) is 4.46. The zero-order chi connectivity index (χ0) is 20.2. The van der Waals surface area contributed by atoms with Gasteiger partial charge in [-0.15, -0.1) is 0 Å². The van der Waals surface area contributed by atoms with Crippen LogP contribution >= 0.6 is 45.8 Å². The minimum Gasteiger partial charge on any atom is -0.301 e. The standard InChI is InChI=1S/C18H20Cl2N2O2S.CH3I/c1-3-25(23,24)21-14-6-4-12(5-7-14)16-10-22(2)11-17-15(16)8-13(19)9-18(17)20;1-2/h4-9,16,21H,3,10-11H2,1-2H3;1H3. The molecular weight excluding hydrogens is 518 g/mol. The van der Waals surface area contributed by atoms with Crippen LogP contribution in [0.15, 0.2) is 36.4 Å². The van der Waals surface area contributed by atoms with Crippen LogP contribution in [0.1, 0.15) is 29.5 Å². The third kappa shape index (κ3) is 5.73. The van der Waals surface area contributed by atoms with Gasteiger partial charge in [0.2, 0.25) is 10.0 Å². The first-order valence-electron chi connectivity index (χ1n) is 8.43. The van der Waals surface area contributed by atoms with Crippen molar-refractivity contribution in [3.63, 3.8) is 0 Å². The van der Waals surface area contributed by atoms with Gasteiger partial charge in [-0.3, -0.25) is 4.72 Å². The van der Waals surface area contributed by atoms with Gasteiger partial charge in [-0.2, -0.15) is 0 Å². The van der Waals surface area contributed by atoms with Gasteiger partial charge in [-0.25, -0.2) is 8.42 Å². The number of sulfonamides is 1. The SMILES string of the molecule is CCS(=O)(=O)Nc1ccc(C2CN(C)Cc3c(Cl)cc(Cl)cc32)cc1.CI. The summed E-state index contributed by atoms with van der Waals surface area (Å²) in [6, 6.07) is 11.3. The minimum atomic E-state index is -3.27. The van der Waals surface area contributed by atoms with Crippen LogP contribution in [0.3, 0.4) is 0 Å². The van der Waals surface area contributed by atoms with E-state index in [0.717, 1.165) is 29.8 Å². The summed E-state index contributed by atoms with van der Waals surface area (Å²) < 4.78 is 25.9. The van der Waals surface area contributed by atoms with Crippen LogP contribution in [-0.2, 0) is 16.6 Å². The lowest BCUT2D eigenvalue weighted by molar-refractivity contribution is 0.295. The van der Waals surface area contributed by atoms with Crippen molar-refractivity contribution in [3.05, 3.63) is 63.1 Å². The van der Waals surface area contributed by atoms with Gasteiger partial charge < -0.3 is 4.90 Å². The van der Waals surface area contributed by atoms with E-state index in [1.165, 1.54) is 0 Å². The Morgan fingerprint density at radius 2 is 1.81 bits per heavy atom. The molecule has 1 unspecified atom stereocenters. The quantitative estimate of drug-likeness (QED) is 0.418. The maximum atomic E-state index is 11.7. The zero-order valence-electron chi connectivity index (χ0n) is 15.5. The predicted octanol–water partition coefficient (Wildman–Crippen LogP) is 5.38. The Morgan fingerprint density at radius 1 is 1.19 bits per heavy atom. The van der Waals surface area contributed by atoms with Crippen LogP contribution in [0.4, 0.5) is 5.69 Å². The summed E-state index contributed by atoms with van der Waals surface area (Å²) in [7, 11) is -1.21. The molecule has 27 heavy (non-hydrogen) atoms. The molecule has 0 aromatic heterocycles. The van der Waals surface area contributed by atoms with Gasteiger partial charge in [0, 0.05) is 34.7 Å². The minimum absolute atomic E-state index is 0.0482. The zero-order valence-corrected chi connectivity index (χ0v) is 20.0. The number of halogens is 3. The summed E-state index contributed by atoms with van der Waals surface area (Å²) in [5.74, 6) is 0.189. The second kappa shape index (κ2) is 9.78. The fourth-order valence-electron chi connectivity index (χ4n) is 3.17. The van der Waals surface area contributed by atoms with E-state index >= 15 is 0 Å². The highest BCUT2D eigenvalue weighted by Gasteiger charge is 2.27. The molecule has 8 heteroatoms. The summed E-state index contributed by atoms with van der Waals surface area (Å²) in [6.45, 7) is 3.25. The van der Waals surface area contributed by atoms with E-state index in [0.29, 0.717) is 15.7 Å². The fraction of sp³-hybridized carbons (Fsp3) is 0.368. The van der Waals surface area contributed by atoms with Crippen molar-refractivity contribution in [3.8, 4) is 0 Å². The van der Waals surface area contributed by atoms with Gasteiger partial charge in [-0.1, -0.05) is 57.9 Å². The molecule has 0 spiro atoms. The highest BCUT2D eigenvalue weighted by atomic mass is 127. The molecule has 1 atom stereocenters. The van der Waals surface area contributed by atoms with Crippen LogP contribution in [0, 0.1) is 0 Å². The third-order valence-corrected chi connectivity index (χ3v) is 6.32. The molecule has 2 aromatic carbocycles. The van der Waals surface area contributed by atoms with E-state index in [1.54, 1.807) is 25.1 Å². The number of likely N-dealkylation sites (N-methyl/N-ethyl adjacent to an activating group) is 1. The first kappa shape index (κ1) is 22.7. The van der Waals surface area contributed by atoms with Crippen molar-refractivity contribution in [2.24, 2.45) is 0 Å². The molecule has 0 saturated heterocycles. The van der Waals surface area contributed by atoms with Gasteiger partial charge >= 0.3 is 0 Å². The molecule has 4 nitrogen and oxygen atoms in total. The number of rotatable bonds is 4. The molecular formula is C19H23Cl2IN2O2S. The smallest absolute Gasteiger partial charge is 0.232 e. The lowest BCUT2D eigenvalue weighted by Gasteiger charge is -2.33. The Hall–Kier alpha value is -0.540. The van der Waals surface area contributed by atoms with E-state index < -0.39 is 10.0 Å². The number of benzene rings is 2. The molecule has 1 N–H and O–H groups in total. The summed E-state index contributed by atoms with van der Waals surface area (Å²) in [6.07, 6.45) is 0. The average molecular weight is 541 g/mol. The average Bonchev–Trinajstić information content (AvgIpc) is 2.64. The number of anilines is 1. The van der Waals surface area contributed by atoms with Gasteiger partial charge in [0.15, 0.2) is 0 Å². The number of nitrogens with zero attached hydrogens (tertiary/aromatic N) is 1. The topological polar surface area (TPSA) is 49.4 Å². The molecule has 1 aliphatic heterocycles. The second-order valence-electron chi connectivity index (χ2n) is 6.33. The lowest BCUT2D eigenvalue weighted by Crippen LogP contribution is -2.31. The number of fused-ring (bicyclic) bond motifs is 1. The maximum absolute atomic E-state index is 11.7. The first-order valence-corrected chi connectivity index (χ1v) is 13.0. The van der Waals surface area contributed by atoms with Crippen molar-refractivity contribution in [2.45, 2.75) is 19.4 Å². The molecule has 2 aromatic rings. The molecule has 0 fully saturated rings. The monoisotopic (exact) mass is 540 g/mol. The normalized spacial score (nSPS) is 16.9. The molecule has 0 amide bonds. The van der Waals surface area contributed by atoms with E-state index in [-0.39, 0.29) is 11.7 Å². The van der Waals surface area contributed by atoms with Gasteiger partial charge in [-0.05, 0) is 59.9 Å². The largest absolute Gasteiger partial charge is 0.301 e. The summed E-state index contributed by atoms with van der Waals surface area (Å²) in [5, 5.41) is 1.32. The van der Waals surface area contributed by atoms with E-state index in [4.69, 9.17) is 23.2 Å². The lowest BCUT2D eigenvalue weighted by atomic mass is 9.85. The highest BCUT2D eigenvalue weighted by molar-refractivity contribution is 14.1. The Labute approximate surface area is 185 Å². The van der Waals surface area contributed by atoms with Crippen molar-refractivity contribution in [2.75, 3.05) is 29.0 Å². The number of alkyl halides is 1. The maximum Gasteiger partial charge on any atom is 0.232 e. The predicted molar refractivity (Wildman–Crippen MR) is 124 cm³/mol. The van der Waals surface area contributed by atoms with Gasteiger partial charge in [0.1, 0.15) is 0 Å². The van der Waals surface area contributed by atoms with Gasteiger partial charge in [0.05, 0.1) is 5.75 Å². The van der Waals surface area contributed by atoms with E-state index in [1.807, 2.05) is 23.1 Å². The summed E-state index contributed by atoms with van der Waals surface area (Å²) in [5.41, 5.74) is 3.91. The van der Waals surface area contributed by atoms with Crippen molar-refractivity contribution in [1.29, 1.82) is 0 Å². The Morgan fingerprint density at radius 3 is 2.41 bits per heavy atom. The van der Waals surface area contributed by atoms with Crippen LogP contribution in [0.2, 0.25) is 10.0 Å². The molecule has 148 valence electrons. The summed E-state index contributed by atoms with van der Waals surface area (Å²) in [4.78, 5) is 4.19. The van der Waals surface area contributed by atoms with Crippen molar-refractivity contribution >= 4 is 61.5 Å².